The van der Waals surface area contributed by atoms with Crippen LogP contribution in [0.1, 0.15) is 0 Å². The van der Waals surface area contributed by atoms with Crippen LogP contribution in [-0.2, 0) is 19.5 Å². The monoisotopic (exact) mass is 318 g/mol. The molecule has 14 heavy (non-hydrogen) atoms. The first-order chi connectivity index (χ1) is 5.74. The zero-order chi connectivity index (χ0) is 10.2. The molecule has 8 heteroatoms. The Morgan fingerprint density at radius 1 is 0.429 bits per heavy atom. The van der Waals surface area contributed by atoms with Gasteiger partial charge in [-0.2, -0.15) is 0 Å². The van der Waals surface area contributed by atoms with Crippen molar-refractivity contribution in [3.63, 3.8) is 0 Å². The standard InChI is InChI=1S/3C2H8N2.ClH.Rh/c3*3-1-2-4;;/h3*1-4H2;1H;/q;;;;+2/p-1. The molecular weight excluding hydrogens is 294 g/mol. The van der Waals surface area contributed by atoms with Crippen molar-refractivity contribution in [3.05, 3.63) is 0 Å². The molecule has 0 amide bonds. The van der Waals surface area contributed by atoms with E-state index in [2.05, 4.69) is 0 Å². The maximum Gasteiger partial charge on any atom is 2.00 e. The van der Waals surface area contributed by atoms with Crippen LogP contribution < -0.4 is 46.8 Å². The Hall–Kier alpha value is 0.673. The normalized spacial score (nSPS) is 6.43. The third kappa shape index (κ3) is 128. The number of halogens is 1. The van der Waals surface area contributed by atoms with Crippen molar-refractivity contribution in [1.82, 2.24) is 0 Å². The summed E-state index contributed by atoms with van der Waals surface area (Å²) in [6.45, 7) is 3.58. The van der Waals surface area contributed by atoms with E-state index in [0.29, 0.717) is 39.3 Å². The van der Waals surface area contributed by atoms with Crippen LogP contribution in [-0.4, -0.2) is 39.3 Å². The SMILES string of the molecule is NCCN.NCCN.NCCN.[Cl-].[Rh+2]. The first kappa shape index (κ1) is 29.3. The van der Waals surface area contributed by atoms with E-state index in [9.17, 15) is 0 Å². The topological polar surface area (TPSA) is 156 Å². The van der Waals surface area contributed by atoms with Crippen LogP contribution in [0, 0.1) is 0 Å². The second-order valence-electron chi connectivity index (χ2n) is 1.73. The van der Waals surface area contributed by atoms with Gasteiger partial charge in [0, 0.05) is 39.3 Å². The van der Waals surface area contributed by atoms with Gasteiger partial charge in [-0.25, -0.2) is 0 Å². The predicted molar refractivity (Wildman–Crippen MR) is 54.3 cm³/mol. The van der Waals surface area contributed by atoms with E-state index in [-0.39, 0.29) is 31.9 Å². The van der Waals surface area contributed by atoms with Crippen LogP contribution in [0.3, 0.4) is 0 Å². The molecule has 0 rings (SSSR count). The van der Waals surface area contributed by atoms with Gasteiger partial charge in [0.15, 0.2) is 0 Å². The average Bonchev–Trinajstić information content (AvgIpc) is 2.18. The van der Waals surface area contributed by atoms with Gasteiger partial charge in [0.05, 0.1) is 0 Å². The maximum atomic E-state index is 4.90. The summed E-state index contributed by atoms with van der Waals surface area (Å²) in [4.78, 5) is 0. The predicted octanol–water partition coefficient (Wildman–Crippen LogP) is -6.29. The molecule has 0 aliphatic heterocycles. The van der Waals surface area contributed by atoms with Crippen LogP contribution in [0.25, 0.3) is 0 Å². The smallest absolute Gasteiger partial charge is 1.00 e. The summed E-state index contributed by atoms with van der Waals surface area (Å²) in [5.74, 6) is 0. The van der Waals surface area contributed by atoms with Crippen molar-refractivity contribution < 1.29 is 31.9 Å². The Labute approximate surface area is 106 Å². The van der Waals surface area contributed by atoms with E-state index in [4.69, 9.17) is 34.4 Å². The average molecular weight is 319 g/mol. The summed E-state index contributed by atoms with van der Waals surface area (Å²) in [5, 5.41) is 0. The third-order valence-electron chi connectivity index (χ3n) is 0.500. The Morgan fingerprint density at radius 3 is 0.500 bits per heavy atom. The van der Waals surface area contributed by atoms with Gasteiger partial charge in [-0.3, -0.25) is 0 Å². The van der Waals surface area contributed by atoms with Crippen LogP contribution in [0.4, 0.5) is 0 Å². The molecule has 0 fully saturated rings. The quantitative estimate of drug-likeness (QED) is 0.284. The van der Waals surface area contributed by atoms with Gasteiger partial charge in [0.2, 0.25) is 0 Å². The van der Waals surface area contributed by atoms with E-state index < -0.39 is 0 Å². The molecule has 1 radical (unpaired) electrons. The molecule has 0 saturated carbocycles. The zero-order valence-corrected chi connectivity index (χ0v) is 10.8. The molecule has 0 aromatic carbocycles. The van der Waals surface area contributed by atoms with E-state index >= 15 is 0 Å². The summed E-state index contributed by atoms with van der Waals surface area (Å²) >= 11 is 0. The zero-order valence-electron chi connectivity index (χ0n) is 8.42. The van der Waals surface area contributed by atoms with Crippen LogP contribution in [0.15, 0.2) is 0 Å². The molecule has 12 N–H and O–H groups in total. The van der Waals surface area contributed by atoms with E-state index in [1.165, 1.54) is 0 Å². The van der Waals surface area contributed by atoms with Crippen LogP contribution >= 0.6 is 0 Å². The molecule has 0 atom stereocenters. The molecule has 0 bridgehead atoms. The first-order valence-electron chi connectivity index (χ1n) is 3.95. The molecule has 6 nitrogen and oxygen atoms in total. The van der Waals surface area contributed by atoms with E-state index in [0.717, 1.165) is 0 Å². The second kappa shape index (κ2) is 49.3. The molecule has 0 spiro atoms. The van der Waals surface area contributed by atoms with Gasteiger partial charge in [0.25, 0.3) is 0 Å². The summed E-state index contributed by atoms with van der Waals surface area (Å²) in [7, 11) is 0. The Balaban J connectivity index is -0.0000000270. The van der Waals surface area contributed by atoms with Crippen molar-refractivity contribution in [3.8, 4) is 0 Å². The van der Waals surface area contributed by atoms with Gasteiger partial charge in [-0.05, 0) is 0 Å². The van der Waals surface area contributed by atoms with Crippen LogP contribution in [0.2, 0.25) is 0 Å². The fourth-order valence-corrected chi connectivity index (χ4v) is 0. The number of nitrogens with two attached hydrogens (primary N) is 6. The fraction of sp³-hybridized carbons (Fsp3) is 1.00. The summed E-state index contributed by atoms with van der Waals surface area (Å²) < 4.78 is 0. The molecule has 0 aliphatic rings. The van der Waals surface area contributed by atoms with Gasteiger partial charge in [0.1, 0.15) is 0 Å². The fourth-order valence-electron chi connectivity index (χ4n) is 0. The second-order valence-corrected chi connectivity index (χ2v) is 1.73. The maximum absolute atomic E-state index is 4.90. The molecule has 0 saturated heterocycles. The Morgan fingerprint density at radius 2 is 0.500 bits per heavy atom. The van der Waals surface area contributed by atoms with E-state index in [1.54, 1.807) is 0 Å². The minimum Gasteiger partial charge on any atom is -1.00 e. The molecule has 0 aromatic heterocycles. The van der Waals surface area contributed by atoms with Crippen molar-refractivity contribution in [1.29, 1.82) is 0 Å². The third-order valence-corrected chi connectivity index (χ3v) is 0.500. The van der Waals surface area contributed by atoms with Gasteiger partial charge in [-0.15, -0.1) is 0 Å². The van der Waals surface area contributed by atoms with Crippen molar-refractivity contribution in [2.75, 3.05) is 39.3 Å². The Kier molecular flexibility index (Phi) is 103. The summed E-state index contributed by atoms with van der Waals surface area (Å²) in [6, 6.07) is 0. The number of hydrogen-bond acceptors (Lipinski definition) is 6. The summed E-state index contributed by atoms with van der Waals surface area (Å²) in [5.41, 5.74) is 29.4. The van der Waals surface area contributed by atoms with E-state index in [1.807, 2.05) is 0 Å². The summed E-state index contributed by atoms with van der Waals surface area (Å²) in [6.07, 6.45) is 0. The number of rotatable bonds is 3. The minimum absolute atomic E-state index is 0. The van der Waals surface area contributed by atoms with Gasteiger partial charge >= 0.3 is 19.5 Å². The molecule has 0 aliphatic carbocycles. The van der Waals surface area contributed by atoms with Crippen molar-refractivity contribution in [2.24, 2.45) is 34.4 Å². The molecule has 0 unspecified atom stereocenters. The first-order valence-corrected chi connectivity index (χ1v) is 3.95. The van der Waals surface area contributed by atoms with Crippen LogP contribution in [0.5, 0.6) is 0 Å². The molecule has 0 aromatic rings. The van der Waals surface area contributed by atoms with Crippen molar-refractivity contribution >= 4 is 0 Å². The minimum atomic E-state index is 0. The van der Waals surface area contributed by atoms with Gasteiger partial charge in [-0.1, -0.05) is 0 Å². The van der Waals surface area contributed by atoms with Gasteiger partial charge < -0.3 is 46.8 Å². The largest absolute Gasteiger partial charge is 2.00 e. The molecular formula is C6H24ClN6Rh+. The molecule has 0 heterocycles. The molecule has 93 valence electrons. The Bertz CT molecular complexity index is 37.8. The number of hydrogen-bond donors (Lipinski definition) is 6. The van der Waals surface area contributed by atoms with Crippen molar-refractivity contribution in [2.45, 2.75) is 0 Å².